The largest absolute Gasteiger partial charge is 0.489 e. The summed E-state index contributed by atoms with van der Waals surface area (Å²) in [6.45, 7) is 0. The van der Waals surface area contributed by atoms with Gasteiger partial charge in [0.2, 0.25) is 5.75 Å². The first-order valence-corrected chi connectivity index (χ1v) is 9.84. The first-order valence-electron chi connectivity index (χ1n) is 7.44. The molecule has 1 saturated heterocycles. The zero-order chi connectivity index (χ0) is 19.6. The van der Waals surface area contributed by atoms with Gasteiger partial charge in [-0.05, 0) is 63.6 Å². The van der Waals surface area contributed by atoms with E-state index >= 15 is 0 Å². The summed E-state index contributed by atoms with van der Waals surface area (Å²) in [6, 6.07) is 10.4. The average molecular weight is 513 g/mol. The predicted molar refractivity (Wildman–Crippen MR) is 112 cm³/mol. The Kier molecular flexibility index (Phi) is 5.98. The van der Waals surface area contributed by atoms with Crippen molar-refractivity contribution in [2.24, 2.45) is 4.99 Å². The number of aliphatic imine (C=N–C) groups is 1. The van der Waals surface area contributed by atoms with Crippen molar-refractivity contribution in [1.29, 1.82) is 0 Å². The summed E-state index contributed by atoms with van der Waals surface area (Å²) in [7, 11) is 1.36. The maximum atomic E-state index is 12.2. The first-order chi connectivity index (χ1) is 12.9. The maximum Gasteiger partial charge on any atom is 0.312 e. The molecule has 1 heterocycles. The lowest BCUT2D eigenvalue weighted by Crippen LogP contribution is -2.19. The quantitative estimate of drug-likeness (QED) is 0.352. The van der Waals surface area contributed by atoms with Gasteiger partial charge in [-0.25, -0.2) is 4.99 Å². The van der Waals surface area contributed by atoms with Gasteiger partial charge in [0.1, 0.15) is 0 Å². The van der Waals surface area contributed by atoms with E-state index in [9.17, 15) is 14.9 Å². The molecule has 1 N–H and O–H groups in total. The number of ether oxygens (including phenoxy) is 1. The fourth-order valence-electron chi connectivity index (χ4n) is 2.32. The van der Waals surface area contributed by atoms with Crippen LogP contribution in [0.25, 0.3) is 6.08 Å². The molecule has 0 saturated carbocycles. The Morgan fingerprint density at radius 1 is 1.30 bits per heavy atom. The van der Waals surface area contributed by atoms with Gasteiger partial charge >= 0.3 is 5.69 Å². The summed E-state index contributed by atoms with van der Waals surface area (Å²) < 4.78 is 6.37. The van der Waals surface area contributed by atoms with Gasteiger partial charge in [-0.2, -0.15) is 0 Å². The van der Waals surface area contributed by atoms with Crippen molar-refractivity contribution in [3.8, 4) is 5.75 Å². The van der Waals surface area contributed by atoms with Crippen LogP contribution in [-0.2, 0) is 4.79 Å². The molecule has 1 aliphatic heterocycles. The van der Waals surface area contributed by atoms with Crippen LogP contribution in [0.1, 0.15) is 5.56 Å². The van der Waals surface area contributed by atoms with Crippen molar-refractivity contribution in [2.45, 2.75) is 0 Å². The molecule has 0 aliphatic carbocycles. The van der Waals surface area contributed by atoms with Crippen LogP contribution < -0.4 is 10.1 Å². The molecule has 3 rings (SSSR count). The maximum absolute atomic E-state index is 12.2. The number of nitro groups is 1. The highest BCUT2D eigenvalue weighted by molar-refractivity contribution is 9.10. The molecule has 10 heteroatoms. The highest BCUT2D eigenvalue weighted by Crippen LogP contribution is 2.37. The lowest BCUT2D eigenvalue weighted by Gasteiger charge is -2.05. The molecule has 0 unspecified atom stereocenters. The fourth-order valence-corrected chi connectivity index (χ4v) is 4.17. The zero-order valence-electron chi connectivity index (χ0n) is 13.7. The normalized spacial score (nSPS) is 16.6. The molecule has 2 aromatic carbocycles. The van der Waals surface area contributed by atoms with Crippen molar-refractivity contribution < 1.29 is 14.5 Å². The van der Waals surface area contributed by atoms with Crippen molar-refractivity contribution in [3.63, 3.8) is 0 Å². The molecule has 1 aliphatic rings. The van der Waals surface area contributed by atoms with Crippen molar-refractivity contribution in [3.05, 3.63) is 65.9 Å². The number of thioether (sulfide) groups is 1. The number of nitrogens with zero attached hydrogens (tertiary/aromatic N) is 2. The standard InChI is InChI=1S/C17H11Br2N3O4S/c1-26-15-12(19)5-9(6-13(15)22(24)25)7-14-16(23)21-17(27-14)20-11-4-2-3-10(18)8-11/h2-8H,1H3,(H,20,21,23)/b14-7-. The van der Waals surface area contributed by atoms with Crippen LogP contribution in [0.2, 0.25) is 0 Å². The molecule has 2 aromatic rings. The second kappa shape index (κ2) is 8.24. The highest BCUT2D eigenvalue weighted by atomic mass is 79.9. The third kappa shape index (κ3) is 4.57. The van der Waals surface area contributed by atoms with Crippen molar-refractivity contribution in [2.75, 3.05) is 7.11 Å². The Morgan fingerprint density at radius 3 is 2.74 bits per heavy atom. The van der Waals surface area contributed by atoms with E-state index in [1.165, 1.54) is 13.2 Å². The van der Waals surface area contributed by atoms with Gasteiger partial charge < -0.3 is 10.1 Å². The molecule has 1 amide bonds. The van der Waals surface area contributed by atoms with Crippen LogP contribution in [0.5, 0.6) is 5.75 Å². The van der Waals surface area contributed by atoms with E-state index in [2.05, 4.69) is 42.2 Å². The van der Waals surface area contributed by atoms with Gasteiger partial charge in [0.05, 0.1) is 27.1 Å². The first kappa shape index (κ1) is 19.6. The number of hydrogen-bond donors (Lipinski definition) is 1. The second-order valence-electron chi connectivity index (χ2n) is 5.27. The van der Waals surface area contributed by atoms with Gasteiger partial charge in [0.25, 0.3) is 5.91 Å². The summed E-state index contributed by atoms with van der Waals surface area (Å²) in [5.74, 6) is -0.189. The Balaban J connectivity index is 1.92. The number of rotatable bonds is 4. The summed E-state index contributed by atoms with van der Waals surface area (Å²) in [6.07, 6.45) is 1.57. The number of amidine groups is 1. The fraction of sp³-hybridized carbons (Fsp3) is 0.0588. The molecule has 0 aromatic heterocycles. The number of nitrogens with one attached hydrogen (secondary N) is 1. The summed E-state index contributed by atoms with van der Waals surface area (Å²) >= 11 is 7.79. The third-order valence-electron chi connectivity index (χ3n) is 3.43. The molecule has 1 fully saturated rings. The molecule has 138 valence electrons. The van der Waals surface area contributed by atoms with Gasteiger partial charge in [0, 0.05) is 10.5 Å². The minimum Gasteiger partial charge on any atom is -0.489 e. The molecular weight excluding hydrogens is 502 g/mol. The zero-order valence-corrected chi connectivity index (χ0v) is 17.7. The van der Waals surface area contributed by atoms with E-state index in [1.54, 1.807) is 12.1 Å². The number of nitro benzene ring substituents is 1. The van der Waals surface area contributed by atoms with Gasteiger partial charge in [0.15, 0.2) is 5.17 Å². The van der Waals surface area contributed by atoms with E-state index in [0.717, 1.165) is 16.2 Å². The van der Waals surface area contributed by atoms with E-state index in [-0.39, 0.29) is 17.3 Å². The number of benzene rings is 2. The van der Waals surface area contributed by atoms with Crippen LogP contribution in [0.4, 0.5) is 11.4 Å². The Labute approximate surface area is 175 Å². The average Bonchev–Trinajstić information content (AvgIpc) is 2.93. The van der Waals surface area contributed by atoms with Crippen LogP contribution in [0.15, 0.2) is 55.2 Å². The number of halogens is 2. The third-order valence-corrected chi connectivity index (χ3v) is 5.43. The number of amides is 1. The minimum atomic E-state index is -0.534. The Hall–Kier alpha value is -2.17. The number of carbonyl (C=O) groups excluding carboxylic acids is 1. The highest BCUT2D eigenvalue weighted by Gasteiger charge is 2.25. The lowest BCUT2D eigenvalue weighted by atomic mass is 10.1. The Bertz CT molecular complexity index is 1010. The van der Waals surface area contributed by atoms with Gasteiger partial charge in [-0.1, -0.05) is 22.0 Å². The topological polar surface area (TPSA) is 93.8 Å². The Morgan fingerprint density at radius 2 is 2.07 bits per heavy atom. The summed E-state index contributed by atoms with van der Waals surface area (Å²) in [5.41, 5.74) is 0.997. The molecule has 0 spiro atoms. The molecule has 0 bridgehead atoms. The van der Waals surface area contributed by atoms with Crippen molar-refractivity contribution >= 4 is 72.1 Å². The van der Waals surface area contributed by atoms with Crippen LogP contribution >= 0.6 is 43.6 Å². The molecular formula is C17H11Br2N3O4S. The van der Waals surface area contributed by atoms with E-state index in [4.69, 9.17) is 4.74 Å². The SMILES string of the molecule is COc1c(Br)cc(/C=C2\SC(=Nc3cccc(Br)c3)NC2=O)cc1[N+](=O)[O-]. The molecule has 0 radical (unpaired) electrons. The van der Waals surface area contributed by atoms with Crippen LogP contribution in [-0.4, -0.2) is 23.1 Å². The number of carbonyl (C=O) groups is 1. The predicted octanol–water partition coefficient (Wildman–Crippen LogP) is 5.02. The molecule has 7 nitrogen and oxygen atoms in total. The summed E-state index contributed by atoms with van der Waals surface area (Å²) in [4.78, 5) is 27.7. The van der Waals surface area contributed by atoms with E-state index in [1.807, 2.05) is 24.3 Å². The number of hydrogen-bond acceptors (Lipinski definition) is 6. The van der Waals surface area contributed by atoms with E-state index in [0.29, 0.717) is 25.8 Å². The van der Waals surface area contributed by atoms with Crippen LogP contribution in [0, 0.1) is 10.1 Å². The van der Waals surface area contributed by atoms with Gasteiger partial charge in [-0.15, -0.1) is 0 Å². The molecule has 0 atom stereocenters. The number of methoxy groups -OCH3 is 1. The second-order valence-corrected chi connectivity index (χ2v) is 8.07. The van der Waals surface area contributed by atoms with E-state index < -0.39 is 4.92 Å². The minimum absolute atomic E-state index is 0.127. The smallest absolute Gasteiger partial charge is 0.312 e. The lowest BCUT2D eigenvalue weighted by molar-refractivity contribution is -0.385. The monoisotopic (exact) mass is 511 g/mol. The van der Waals surface area contributed by atoms with Crippen LogP contribution in [0.3, 0.4) is 0 Å². The molecule has 27 heavy (non-hydrogen) atoms. The van der Waals surface area contributed by atoms with Gasteiger partial charge in [-0.3, -0.25) is 14.9 Å². The van der Waals surface area contributed by atoms with Crippen molar-refractivity contribution in [1.82, 2.24) is 5.32 Å². The summed E-state index contributed by atoms with van der Waals surface area (Å²) in [5, 5.41) is 14.4.